The first-order valence-corrected chi connectivity index (χ1v) is 9.36. The van der Waals surface area contributed by atoms with E-state index in [2.05, 4.69) is 11.8 Å². The highest BCUT2D eigenvalue weighted by atomic mass is 32.2. The molecule has 0 saturated carbocycles. The van der Waals surface area contributed by atoms with Crippen LogP contribution in [0.25, 0.3) is 0 Å². The van der Waals surface area contributed by atoms with Crippen LogP contribution in [0.15, 0.2) is 23.1 Å². The van der Waals surface area contributed by atoms with Crippen molar-refractivity contribution in [2.24, 2.45) is 0 Å². The van der Waals surface area contributed by atoms with Crippen molar-refractivity contribution in [2.75, 3.05) is 24.7 Å². The van der Waals surface area contributed by atoms with Gasteiger partial charge in [-0.3, -0.25) is 0 Å². The molecule has 1 saturated heterocycles. The molecule has 0 radical (unpaired) electrons. The van der Waals surface area contributed by atoms with Gasteiger partial charge < -0.3 is 5.11 Å². The third kappa shape index (κ3) is 3.61. The number of rotatable bonds is 2. The fraction of sp³-hybridized carbons (Fsp3) is 0.467. The van der Waals surface area contributed by atoms with Crippen LogP contribution < -0.4 is 0 Å². The molecule has 4 nitrogen and oxygen atoms in total. The number of aryl methyl sites for hydroxylation is 1. The molecule has 0 amide bonds. The average molecular weight is 325 g/mol. The zero-order valence-electron chi connectivity index (χ0n) is 12.2. The molecule has 2 rings (SSSR count). The largest absolute Gasteiger partial charge is 0.384 e. The summed E-state index contributed by atoms with van der Waals surface area (Å²) in [4.78, 5) is 0.311. The summed E-state index contributed by atoms with van der Waals surface area (Å²) in [6.45, 7) is 4.03. The maximum absolute atomic E-state index is 12.9. The first-order valence-electron chi connectivity index (χ1n) is 6.77. The van der Waals surface area contributed by atoms with E-state index < -0.39 is 10.0 Å². The maximum Gasteiger partial charge on any atom is 0.243 e. The average Bonchev–Trinajstić information content (AvgIpc) is 2.46. The molecule has 1 heterocycles. The van der Waals surface area contributed by atoms with Crippen LogP contribution in [0.5, 0.6) is 0 Å². The van der Waals surface area contributed by atoms with Crippen LogP contribution in [0.2, 0.25) is 0 Å². The van der Waals surface area contributed by atoms with Gasteiger partial charge in [-0.25, -0.2) is 8.42 Å². The summed E-state index contributed by atoms with van der Waals surface area (Å²) in [6, 6.07) is 5.13. The van der Waals surface area contributed by atoms with Crippen molar-refractivity contribution in [1.82, 2.24) is 4.31 Å². The fourth-order valence-corrected chi connectivity index (χ4v) is 5.40. The molecule has 0 spiro atoms. The Hall–Kier alpha value is -1.000. The minimum absolute atomic E-state index is 0.000308. The highest BCUT2D eigenvalue weighted by molar-refractivity contribution is 7.99. The Morgan fingerprint density at radius 1 is 1.48 bits per heavy atom. The van der Waals surface area contributed by atoms with Gasteiger partial charge in [0.25, 0.3) is 0 Å². The van der Waals surface area contributed by atoms with Gasteiger partial charge in [0.05, 0.1) is 4.90 Å². The quantitative estimate of drug-likeness (QED) is 0.837. The molecule has 0 aliphatic carbocycles. The number of sulfonamides is 1. The fourth-order valence-electron chi connectivity index (χ4n) is 2.29. The van der Waals surface area contributed by atoms with E-state index in [1.807, 2.05) is 6.92 Å². The molecule has 1 N–H and O–H groups in total. The van der Waals surface area contributed by atoms with Gasteiger partial charge in [0.15, 0.2) is 0 Å². The van der Waals surface area contributed by atoms with E-state index in [1.165, 1.54) is 0 Å². The number of aliphatic hydroxyl groups is 1. The van der Waals surface area contributed by atoms with Crippen molar-refractivity contribution < 1.29 is 13.5 Å². The van der Waals surface area contributed by atoms with Crippen LogP contribution >= 0.6 is 11.8 Å². The zero-order valence-corrected chi connectivity index (χ0v) is 13.8. The summed E-state index contributed by atoms with van der Waals surface area (Å²) in [5, 5.41) is 8.75. The van der Waals surface area contributed by atoms with Crippen LogP contribution in [-0.4, -0.2) is 48.5 Å². The summed E-state index contributed by atoms with van der Waals surface area (Å²) in [7, 11) is -3.50. The Labute approximate surface area is 130 Å². The van der Waals surface area contributed by atoms with Crippen molar-refractivity contribution in [3.8, 4) is 11.8 Å². The lowest BCUT2D eigenvalue weighted by Gasteiger charge is -2.32. The summed E-state index contributed by atoms with van der Waals surface area (Å²) < 4.78 is 27.3. The van der Waals surface area contributed by atoms with Gasteiger partial charge in [-0.1, -0.05) is 17.9 Å². The predicted molar refractivity (Wildman–Crippen MR) is 85.8 cm³/mol. The number of aliphatic hydroxyl groups excluding tert-OH is 1. The van der Waals surface area contributed by atoms with E-state index in [9.17, 15) is 8.42 Å². The van der Waals surface area contributed by atoms with Crippen LogP contribution in [0.4, 0.5) is 0 Å². The second kappa shape index (κ2) is 6.84. The lowest BCUT2D eigenvalue weighted by Crippen LogP contribution is -2.44. The molecule has 0 bridgehead atoms. The van der Waals surface area contributed by atoms with Gasteiger partial charge >= 0.3 is 0 Å². The molecule has 1 aromatic carbocycles. The van der Waals surface area contributed by atoms with Crippen LogP contribution in [0.1, 0.15) is 18.1 Å². The third-order valence-electron chi connectivity index (χ3n) is 3.39. The first kappa shape index (κ1) is 16.4. The topological polar surface area (TPSA) is 57.6 Å². The second-order valence-corrected chi connectivity index (χ2v) is 7.99. The van der Waals surface area contributed by atoms with E-state index >= 15 is 0 Å². The highest BCUT2D eigenvalue weighted by Gasteiger charge is 2.32. The third-order valence-corrected chi connectivity index (χ3v) is 6.74. The van der Waals surface area contributed by atoms with E-state index in [1.54, 1.807) is 41.2 Å². The number of hydrogen-bond donors (Lipinski definition) is 1. The molecule has 114 valence electrons. The van der Waals surface area contributed by atoms with Crippen LogP contribution in [-0.2, 0) is 10.0 Å². The number of benzene rings is 1. The van der Waals surface area contributed by atoms with Gasteiger partial charge in [-0.15, -0.1) is 0 Å². The number of nitrogens with zero attached hydrogens (tertiary/aromatic N) is 1. The van der Waals surface area contributed by atoms with E-state index in [-0.39, 0.29) is 12.6 Å². The Bertz CT molecular complexity index is 674. The lowest BCUT2D eigenvalue weighted by atomic mass is 10.1. The van der Waals surface area contributed by atoms with E-state index in [4.69, 9.17) is 5.11 Å². The zero-order chi connectivity index (χ0) is 15.5. The van der Waals surface area contributed by atoms with Gasteiger partial charge in [-0.05, 0) is 31.5 Å². The van der Waals surface area contributed by atoms with Crippen molar-refractivity contribution in [3.05, 3.63) is 29.3 Å². The molecule has 0 aromatic heterocycles. The molecule has 1 unspecified atom stereocenters. The predicted octanol–water partition coefficient (Wildman–Crippen LogP) is 1.46. The smallest absolute Gasteiger partial charge is 0.243 e. The molecule has 1 fully saturated rings. The molecule has 1 aliphatic heterocycles. The summed E-state index contributed by atoms with van der Waals surface area (Å²) in [6.07, 6.45) is 0. The summed E-state index contributed by atoms with van der Waals surface area (Å²) in [5.41, 5.74) is 1.32. The molecule has 21 heavy (non-hydrogen) atoms. The molecular formula is C15H19NO3S2. The minimum atomic E-state index is -3.50. The van der Waals surface area contributed by atoms with Gasteiger partial charge in [0.1, 0.15) is 6.61 Å². The van der Waals surface area contributed by atoms with Crippen molar-refractivity contribution in [2.45, 2.75) is 24.8 Å². The van der Waals surface area contributed by atoms with Gasteiger partial charge in [0.2, 0.25) is 10.0 Å². The minimum Gasteiger partial charge on any atom is -0.384 e. The Kier molecular flexibility index (Phi) is 5.33. The molecular weight excluding hydrogens is 306 g/mol. The second-order valence-electron chi connectivity index (χ2n) is 4.98. The standard InChI is InChI=1S/C15H19NO3S2/c1-12-5-6-14(4-3-8-17)10-15(12)21(18,19)16-7-9-20-11-13(16)2/h5-6,10,13,17H,7-9,11H2,1-2H3. The maximum atomic E-state index is 12.9. The monoisotopic (exact) mass is 325 g/mol. The molecule has 6 heteroatoms. The molecule has 1 aromatic rings. The molecule has 1 atom stereocenters. The van der Waals surface area contributed by atoms with Crippen molar-refractivity contribution >= 4 is 21.8 Å². The lowest BCUT2D eigenvalue weighted by molar-refractivity contribution is 0.350. The SMILES string of the molecule is Cc1ccc(C#CCO)cc1S(=O)(=O)N1CCSCC1C. The van der Waals surface area contributed by atoms with Crippen molar-refractivity contribution in [1.29, 1.82) is 0 Å². The van der Waals surface area contributed by atoms with Gasteiger partial charge in [0, 0.05) is 29.7 Å². The first-order chi connectivity index (χ1) is 9.96. The van der Waals surface area contributed by atoms with E-state index in [0.717, 1.165) is 17.1 Å². The normalized spacial score (nSPS) is 19.9. The number of thioether (sulfide) groups is 1. The highest BCUT2D eigenvalue weighted by Crippen LogP contribution is 2.26. The number of hydrogen-bond acceptors (Lipinski definition) is 4. The van der Waals surface area contributed by atoms with Crippen molar-refractivity contribution in [3.63, 3.8) is 0 Å². The van der Waals surface area contributed by atoms with Crippen LogP contribution in [0.3, 0.4) is 0 Å². The molecule has 1 aliphatic rings. The summed E-state index contributed by atoms with van der Waals surface area (Å²) >= 11 is 1.78. The Morgan fingerprint density at radius 3 is 2.90 bits per heavy atom. The Balaban J connectivity index is 2.43. The Morgan fingerprint density at radius 2 is 2.24 bits per heavy atom. The summed E-state index contributed by atoms with van der Waals surface area (Å²) in [5.74, 6) is 6.95. The van der Waals surface area contributed by atoms with Crippen LogP contribution in [0, 0.1) is 18.8 Å². The van der Waals surface area contributed by atoms with E-state index in [0.29, 0.717) is 17.0 Å². The van der Waals surface area contributed by atoms with Gasteiger partial charge in [-0.2, -0.15) is 16.1 Å².